The maximum atomic E-state index is 12.0. The lowest BCUT2D eigenvalue weighted by Crippen LogP contribution is -2.19. The van der Waals surface area contributed by atoms with Gasteiger partial charge in [-0.2, -0.15) is 13.2 Å². The molecule has 0 bridgehead atoms. The molecule has 6 heteroatoms. The van der Waals surface area contributed by atoms with Crippen molar-refractivity contribution in [3.8, 4) is 5.88 Å². The third kappa shape index (κ3) is 7.21. The third-order valence-electron chi connectivity index (χ3n) is 2.77. The van der Waals surface area contributed by atoms with Crippen LogP contribution in [0, 0.1) is 0 Å². The molecule has 114 valence electrons. The third-order valence-corrected chi connectivity index (χ3v) is 2.77. The summed E-state index contributed by atoms with van der Waals surface area (Å²) in [6.45, 7) is 2.91. The normalized spacial score (nSPS) is 13.1. The molecule has 0 aliphatic heterocycles. The van der Waals surface area contributed by atoms with Crippen molar-refractivity contribution in [1.29, 1.82) is 0 Å². The van der Waals surface area contributed by atoms with Crippen LogP contribution in [0.5, 0.6) is 5.88 Å². The number of aromatic nitrogens is 1. The van der Waals surface area contributed by atoms with Gasteiger partial charge in [-0.25, -0.2) is 4.98 Å². The van der Waals surface area contributed by atoms with E-state index in [1.165, 1.54) is 25.1 Å². The van der Waals surface area contributed by atoms with Crippen molar-refractivity contribution in [2.24, 2.45) is 0 Å². The van der Waals surface area contributed by atoms with Crippen LogP contribution in [0.1, 0.15) is 39.5 Å². The van der Waals surface area contributed by atoms with E-state index in [9.17, 15) is 13.2 Å². The molecule has 0 saturated heterocycles. The average Bonchev–Trinajstić information content (AvgIpc) is 2.37. The van der Waals surface area contributed by atoms with Gasteiger partial charge in [0.2, 0.25) is 5.88 Å². The van der Waals surface area contributed by atoms with E-state index < -0.39 is 12.8 Å². The molecule has 1 N–H and O–H groups in total. The number of hydrogen-bond donors (Lipinski definition) is 1. The van der Waals surface area contributed by atoms with Gasteiger partial charge in [0.1, 0.15) is 0 Å². The molecular formula is C14H21F3N2O. The van der Waals surface area contributed by atoms with Crippen LogP contribution < -0.4 is 10.1 Å². The highest BCUT2D eigenvalue weighted by Gasteiger charge is 2.28. The number of halogens is 3. The van der Waals surface area contributed by atoms with Crippen molar-refractivity contribution < 1.29 is 17.9 Å². The van der Waals surface area contributed by atoms with Gasteiger partial charge < -0.3 is 10.1 Å². The molecule has 0 aromatic carbocycles. The Morgan fingerprint density at radius 3 is 2.60 bits per heavy atom. The lowest BCUT2D eigenvalue weighted by Gasteiger charge is -2.15. The maximum Gasteiger partial charge on any atom is 0.422 e. The first-order valence-corrected chi connectivity index (χ1v) is 6.83. The van der Waals surface area contributed by atoms with Gasteiger partial charge in [-0.1, -0.05) is 26.2 Å². The Labute approximate surface area is 117 Å². The first-order chi connectivity index (χ1) is 9.40. The second kappa shape index (κ2) is 7.97. The van der Waals surface area contributed by atoms with Crippen LogP contribution in [0.15, 0.2) is 18.3 Å². The predicted molar refractivity (Wildman–Crippen MR) is 73.0 cm³/mol. The number of rotatable bonds is 8. The smallest absolute Gasteiger partial charge is 0.422 e. The number of pyridine rings is 1. The summed E-state index contributed by atoms with van der Waals surface area (Å²) in [7, 11) is 0. The van der Waals surface area contributed by atoms with E-state index in [1.807, 2.05) is 0 Å². The fourth-order valence-electron chi connectivity index (χ4n) is 1.76. The number of unbranched alkanes of at least 4 members (excludes halogenated alkanes) is 2. The summed E-state index contributed by atoms with van der Waals surface area (Å²) in [5.41, 5.74) is 0.786. The zero-order valence-corrected chi connectivity index (χ0v) is 11.8. The van der Waals surface area contributed by atoms with Crippen LogP contribution in [0.4, 0.5) is 18.9 Å². The minimum absolute atomic E-state index is 0.0217. The molecule has 1 aromatic rings. The molecule has 0 saturated carbocycles. The second-order valence-corrected chi connectivity index (χ2v) is 4.83. The molecule has 1 atom stereocenters. The summed E-state index contributed by atoms with van der Waals surface area (Å²) in [4.78, 5) is 3.85. The minimum Gasteiger partial charge on any atom is -0.468 e. The van der Waals surface area contributed by atoms with Gasteiger partial charge in [-0.15, -0.1) is 0 Å². The number of ether oxygens (including phenoxy) is 1. The highest BCUT2D eigenvalue weighted by atomic mass is 19.4. The molecular weight excluding hydrogens is 269 g/mol. The number of nitrogens with one attached hydrogen (secondary N) is 1. The van der Waals surface area contributed by atoms with Gasteiger partial charge in [0, 0.05) is 12.1 Å². The molecule has 0 aliphatic carbocycles. The van der Waals surface area contributed by atoms with Crippen LogP contribution in [0.25, 0.3) is 0 Å². The summed E-state index contributed by atoms with van der Waals surface area (Å²) >= 11 is 0. The molecule has 0 fully saturated rings. The molecule has 0 spiro atoms. The Bertz CT molecular complexity index is 379. The van der Waals surface area contributed by atoms with Gasteiger partial charge in [0.15, 0.2) is 6.61 Å². The topological polar surface area (TPSA) is 34.1 Å². The van der Waals surface area contributed by atoms with E-state index >= 15 is 0 Å². The Morgan fingerprint density at radius 2 is 2.05 bits per heavy atom. The van der Waals surface area contributed by atoms with E-state index in [4.69, 9.17) is 0 Å². The monoisotopic (exact) mass is 290 g/mol. The highest BCUT2D eigenvalue weighted by molar-refractivity contribution is 5.42. The Kier molecular flexibility index (Phi) is 6.61. The number of anilines is 1. The average molecular weight is 290 g/mol. The fraction of sp³-hybridized carbons (Fsp3) is 0.643. The molecule has 1 aromatic heterocycles. The first kappa shape index (κ1) is 16.6. The maximum absolute atomic E-state index is 12.0. The quantitative estimate of drug-likeness (QED) is 0.720. The molecule has 0 aliphatic rings. The Hall–Kier alpha value is -1.46. The molecule has 0 amide bonds. The fourth-order valence-corrected chi connectivity index (χ4v) is 1.76. The Balaban J connectivity index is 2.38. The van der Waals surface area contributed by atoms with Gasteiger partial charge in [0.25, 0.3) is 0 Å². The van der Waals surface area contributed by atoms with Crippen LogP contribution in [0.2, 0.25) is 0 Å². The van der Waals surface area contributed by atoms with Crippen LogP contribution in [-0.4, -0.2) is 23.8 Å². The van der Waals surface area contributed by atoms with Gasteiger partial charge in [-0.3, -0.25) is 0 Å². The van der Waals surface area contributed by atoms with Gasteiger partial charge in [0.05, 0.1) is 11.9 Å². The van der Waals surface area contributed by atoms with Crippen LogP contribution in [0.3, 0.4) is 0 Å². The summed E-state index contributed by atoms with van der Waals surface area (Å²) in [5, 5.41) is 3.26. The minimum atomic E-state index is -4.34. The van der Waals surface area contributed by atoms with Crippen LogP contribution >= 0.6 is 0 Å². The molecule has 3 nitrogen and oxygen atoms in total. The van der Waals surface area contributed by atoms with E-state index in [0.717, 1.165) is 18.5 Å². The zero-order valence-electron chi connectivity index (χ0n) is 11.8. The van der Waals surface area contributed by atoms with Crippen molar-refractivity contribution in [2.45, 2.75) is 51.7 Å². The molecule has 1 heterocycles. The number of hydrogen-bond acceptors (Lipinski definition) is 3. The summed E-state index contributed by atoms with van der Waals surface area (Å²) in [6.07, 6.45) is 1.74. The number of nitrogens with zero attached hydrogens (tertiary/aromatic N) is 1. The first-order valence-electron chi connectivity index (χ1n) is 6.83. The summed E-state index contributed by atoms with van der Waals surface area (Å²) in [6, 6.07) is 3.42. The summed E-state index contributed by atoms with van der Waals surface area (Å²) in [5.74, 6) is -0.0217. The zero-order chi connectivity index (χ0) is 15.0. The van der Waals surface area contributed by atoms with Crippen molar-refractivity contribution in [3.63, 3.8) is 0 Å². The second-order valence-electron chi connectivity index (χ2n) is 4.83. The predicted octanol–water partition coefficient (Wildman–Crippen LogP) is 4.40. The lowest BCUT2D eigenvalue weighted by molar-refractivity contribution is -0.154. The van der Waals surface area contributed by atoms with E-state index in [-0.39, 0.29) is 5.88 Å². The molecule has 0 radical (unpaired) electrons. The lowest BCUT2D eigenvalue weighted by atomic mass is 10.1. The van der Waals surface area contributed by atoms with Crippen molar-refractivity contribution in [1.82, 2.24) is 4.98 Å². The Morgan fingerprint density at radius 1 is 1.30 bits per heavy atom. The number of alkyl halides is 3. The van der Waals surface area contributed by atoms with E-state index in [0.29, 0.717) is 6.04 Å². The summed E-state index contributed by atoms with van der Waals surface area (Å²) < 4.78 is 40.5. The van der Waals surface area contributed by atoms with E-state index in [1.54, 1.807) is 6.07 Å². The van der Waals surface area contributed by atoms with E-state index in [2.05, 4.69) is 28.9 Å². The molecule has 20 heavy (non-hydrogen) atoms. The van der Waals surface area contributed by atoms with Gasteiger partial charge in [-0.05, 0) is 19.4 Å². The largest absolute Gasteiger partial charge is 0.468 e. The van der Waals surface area contributed by atoms with Crippen LogP contribution in [-0.2, 0) is 0 Å². The standard InChI is InChI=1S/C14H21F3N2O/c1-3-4-5-6-11(2)19-12-7-8-13(18-9-12)20-10-14(15,16)17/h7-9,11,19H,3-6,10H2,1-2H3. The highest BCUT2D eigenvalue weighted by Crippen LogP contribution is 2.18. The van der Waals surface area contributed by atoms with Crippen molar-refractivity contribution >= 4 is 5.69 Å². The molecule has 1 unspecified atom stereocenters. The van der Waals surface area contributed by atoms with Crippen molar-refractivity contribution in [2.75, 3.05) is 11.9 Å². The van der Waals surface area contributed by atoms with Gasteiger partial charge >= 0.3 is 6.18 Å². The molecule has 1 rings (SSSR count). The SMILES string of the molecule is CCCCCC(C)Nc1ccc(OCC(F)(F)F)nc1. The van der Waals surface area contributed by atoms with Crippen molar-refractivity contribution in [3.05, 3.63) is 18.3 Å².